The third-order valence-electron chi connectivity index (χ3n) is 4.62. The monoisotopic (exact) mass is 337 g/mol. The Hall–Kier alpha value is -2.69. The topological polar surface area (TPSA) is 42.2 Å². The summed E-state index contributed by atoms with van der Waals surface area (Å²) < 4.78 is 19.9. The zero-order valence-corrected chi connectivity index (χ0v) is 14.4. The van der Waals surface area contributed by atoms with Gasteiger partial charge in [0.2, 0.25) is 5.89 Å². The zero-order chi connectivity index (χ0) is 17.4. The fourth-order valence-corrected chi connectivity index (χ4v) is 3.32. The molecule has 1 aliphatic heterocycles. The third kappa shape index (κ3) is 3.14. The zero-order valence-electron chi connectivity index (χ0n) is 14.4. The van der Waals surface area contributed by atoms with Crippen LogP contribution in [0.3, 0.4) is 0 Å². The van der Waals surface area contributed by atoms with Crippen LogP contribution in [-0.4, -0.2) is 16.5 Å². The largest absolute Gasteiger partial charge is 0.439 e. The number of aryl methyl sites for hydroxylation is 1. The molecule has 0 fully saturated rings. The molecule has 4 rings (SSSR count). The van der Waals surface area contributed by atoms with Gasteiger partial charge in [-0.05, 0) is 49.2 Å². The Morgan fingerprint density at radius 2 is 2.12 bits per heavy atom. The molecule has 25 heavy (non-hydrogen) atoms. The maximum atomic E-state index is 13.8. The maximum absolute atomic E-state index is 13.8. The predicted octanol–water partition coefficient (Wildman–Crippen LogP) is 4.70. The Kier molecular flexibility index (Phi) is 3.99. The highest BCUT2D eigenvalue weighted by atomic mass is 19.1. The van der Waals surface area contributed by atoms with Gasteiger partial charge in [-0.1, -0.05) is 13.0 Å². The molecule has 4 nitrogen and oxygen atoms in total. The number of oxazole rings is 1. The van der Waals surface area contributed by atoms with Gasteiger partial charge in [0.05, 0.1) is 6.54 Å². The average molecular weight is 337 g/mol. The molecule has 0 bridgehead atoms. The smallest absolute Gasteiger partial charge is 0.245 e. The van der Waals surface area contributed by atoms with Gasteiger partial charge in [-0.3, -0.25) is 4.98 Å². The number of hydrogen-bond acceptors (Lipinski definition) is 4. The second-order valence-electron chi connectivity index (χ2n) is 6.64. The molecule has 3 aromatic rings. The molecule has 0 radical (unpaired) electrons. The van der Waals surface area contributed by atoms with Gasteiger partial charge in [-0.2, -0.15) is 0 Å². The molecule has 0 spiro atoms. The van der Waals surface area contributed by atoms with Crippen molar-refractivity contribution in [2.24, 2.45) is 0 Å². The lowest BCUT2D eigenvalue weighted by molar-refractivity contribution is 0.472. The fourth-order valence-electron chi connectivity index (χ4n) is 3.32. The van der Waals surface area contributed by atoms with Crippen molar-refractivity contribution in [3.63, 3.8) is 0 Å². The molecule has 0 amide bonds. The van der Waals surface area contributed by atoms with Gasteiger partial charge in [-0.25, -0.2) is 9.37 Å². The van der Waals surface area contributed by atoms with Crippen LogP contribution in [0.25, 0.3) is 11.6 Å². The molecule has 128 valence electrons. The van der Waals surface area contributed by atoms with Gasteiger partial charge in [-0.15, -0.1) is 0 Å². The summed E-state index contributed by atoms with van der Waals surface area (Å²) in [7, 11) is 0. The summed E-state index contributed by atoms with van der Waals surface area (Å²) in [6.45, 7) is 5.51. The molecule has 0 aliphatic carbocycles. The van der Waals surface area contributed by atoms with E-state index in [0.29, 0.717) is 12.4 Å². The van der Waals surface area contributed by atoms with E-state index < -0.39 is 0 Å². The van der Waals surface area contributed by atoms with Gasteiger partial charge in [0.1, 0.15) is 23.0 Å². The van der Waals surface area contributed by atoms with E-state index >= 15 is 0 Å². The van der Waals surface area contributed by atoms with E-state index in [1.807, 2.05) is 31.2 Å². The number of halogens is 1. The van der Waals surface area contributed by atoms with Crippen molar-refractivity contribution in [1.29, 1.82) is 0 Å². The lowest BCUT2D eigenvalue weighted by atomic mass is 10.1. The lowest BCUT2D eigenvalue weighted by Crippen LogP contribution is -2.23. The summed E-state index contributed by atoms with van der Waals surface area (Å²) in [5, 5.41) is 0. The van der Waals surface area contributed by atoms with Crippen LogP contribution in [0.5, 0.6) is 0 Å². The molecule has 1 atom stereocenters. The minimum Gasteiger partial charge on any atom is -0.439 e. The second kappa shape index (κ2) is 6.31. The fraction of sp³-hybridized carbons (Fsp3) is 0.300. The summed E-state index contributed by atoms with van der Waals surface area (Å²) in [5.41, 5.74) is 3.45. The standard InChI is InChI=1S/C20H20FN3O/c1-13-9-15(21)11-16(10-13)24-8-6-14(2)19-18(12-24)23-20(25-19)17-5-3-4-7-22-17/h3-5,7,9-11,14H,6,8,12H2,1-2H3. The van der Waals surface area contributed by atoms with Crippen LogP contribution in [0, 0.1) is 12.7 Å². The van der Waals surface area contributed by atoms with Crippen LogP contribution in [0.1, 0.15) is 36.3 Å². The van der Waals surface area contributed by atoms with Crippen LogP contribution in [0.15, 0.2) is 47.0 Å². The summed E-state index contributed by atoms with van der Waals surface area (Å²) >= 11 is 0. The number of anilines is 1. The van der Waals surface area contributed by atoms with E-state index in [-0.39, 0.29) is 11.7 Å². The maximum Gasteiger partial charge on any atom is 0.245 e. The van der Waals surface area contributed by atoms with Gasteiger partial charge in [0.25, 0.3) is 0 Å². The first-order valence-corrected chi connectivity index (χ1v) is 8.53. The number of nitrogens with zero attached hydrogens (tertiary/aromatic N) is 3. The second-order valence-corrected chi connectivity index (χ2v) is 6.64. The molecule has 1 unspecified atom stereocenters. The summed E-state index contributed by atoms with van der Waals surface area (Å²) in [5.74, 6) is 1.52. The number of fused-ring (bicyclic) bond motifs is 1. The number of aromatic nitrogens is 2. The third-order valence-corrected chi connectivity index (χ3v) is 4.62. The summed E-state index contributed by atoms with van der Waals surface area (Å²) in [4.78, 5) is 11.2. The molecule has 0 N–H and O–H groups in total. The van der Waals surface area contributed by atoms with E-state index in [0.717, 1.165) is 41.4 Å². The van der Waals surface area contributed by atoms with E-state index in [1.165, 1.54) is 0 Å². The van der Waals surface area contributed by atoms with Crippen molar-refractivity contribution in [2.75, 3.05) is 11.4 Å². The molecule has 1 aromatic carbocycles. The van der Waals surface area contributed by atoms with Gasteiger partial charge in [0.15, 0.2) is 0 Å². The highest BCUT2D eigenvalue weighted by Gasteiger charge is 2.26. The minimum atomic E-state index is -0.207. The van der Waals surface area contributed by atoms with Crippen molar-refractivity contribution in [3.8, 4) is 11.6 Å². The lowest BCUT2D eigenvalue weighted by Gasteiger charge is -2.23. The molecule has 3 heterocycles. The molecular formula is C20H20FN3O. The van der Waals surface area contributed by atoms with Crippen LogP contribution in [-0.2, 0) is 6.54 Å². The molecule has 0 saturated heterocycles. The van der Waals surface area contributed by atoms with Crippen molar-refractivity contribution < 1.29 is 8.81 Å². The Labute approximate surface area is 146 Å². The number of rotatable bonds is 2. The highest BCUT2D eigenvalue weighted by Crippen LogP contribution is 2.33. The number of hydrogen-bond donors (Lipinski definition) is 0. The first-order valence-electron chi connectivity index (χ1n) is 8.53. The molecule has 1 aliphatic rings. The Morgan fingerprint density at radius 3 is 2.88 bits per heavy atom. The van der Waals surface area contributed by atoms with Crippen molar-refractivity contribution in [2.45, 2.75) is 32.7 Å². The summed E-state index contributed by atoms with van der Waals surface area (Å²) in [6.07, 6.45) is 2.66. The van der Waals surface area contributed by atoms with Crippen LogP contribution >= 0.6 is 0 Å². The molecular weight excluding hydrogens is 317 g/mol. The molecule has 5 heteroatoms. The average Bonchev–Trinajstić information content (AvgIpc) is 2.96. The minimum absolute atomic E-state index is 0.207. The normalized spacial score (nSPS) is 17.2. The van der Waals surface area contributed by atoms with E-state index in [2.05, 4.69) is 21.8 Å². The van der Waals surface area contributed by atoms with Crippen LogP contribution < -0.4 is 4.90 Å². The SMILES string of the molecule is Cc1cc(F)cc(N2CCC(C)c3oc(-c4ccccn4)nc3C2)c1. The van der Waals surface area contributed by atoms with Crippen LogP contribution in [0.4, 0.5) is 10.1 Å². The van der Waals surface area contributed by atoms with Crippen molar-refractivity contribution in [3.05, 3.63) is 65.4 Å². The van der Waals surface area contributed by atoms with Crippen molar-refractivity contribution >= 4 is 5.69 Å². The Bertz CT molecular complexity index is 871. The first kappa shape index (κ1) is 15.8. The van der Waals surface area contributed by atoms with Crippen molar-refractivity contribution in [1.82, 2.24) is 9.97 Å². The van der Waals surface area contributed by atoms with E-state index in [1.54, 1.807) is 18.3 Å². The quantitative estimate of drug-likeness (QED) is 0.680. The van der Waals surface area contributed by atoms with Gasteiger partial charge < -0.3 is 9.32 Å². The van der Waals surface area contributed by atoms with Gasteiger partial charge in [0, 0.05) is 24.3 Å². The predicted molar refractivity (Wildman–Crippen MR) is 95.0 cm³/mol. The van der Waals surface area contributed by atoms with Gasteiger partial charge >= 0.3 is 0 Å². The van der Waals surface area contributed by atoms with E-state index in [4.69, 9.17) is 4.42 Å². The highest BCUT2D eigenvalue weighted by molar-refractivity contribution is 5.52. The summed E-state index contributed by atoms with van der Waals surface area (Å²) in [6, 6.07) is 10.8. The van der Waals surface area contributed by atoms with Crippen LogP contribution in [0.2, 0.25) is 0 Å². The Balaban J connectivity index is 1.70. The number of pyridine rings is 1. The van der Waals surface area contributed by atoms with E-state index in [9.17, 15) is 4.39 Å². The number of benzene rings is 1. The molecule has 0 saturated carbocycles. The molecule has 2 aromatic heterocycles. The Morgan fingerprint density at radius 1 is 1.24 bits per heavy atom. The first-order chi connectivity index (χ1) is 12.1.